The molecule has 0 spiro atoms. The van der Waals surface area contributed by atoms with Gasteiger partial charge in [-0.2, -0.15) is 0 Å². The first-order chi connectivity index (χ1) is 11.6. The lowest BCUT2D eigenvalue weighted by molar-refractivity contribution is -0.892. The quantitative estimate of drug-likeness (QED) is 0.873. The van der Waals surface area contributed by atoms with E-state index in [1.807, 2.05) is 36.4 Å². The number of nitrogens with one attached hydrogen (secondary N) is 2. The number of amides is 1. The minimum Gasteiger partial charge on any atom is -0.360 e. The van der Waals surface area contributed by atoms with E-state index in [4.69, 9.17) is 23.2 Å². The topological polar surface area (TPSA) is 36.8 Å². The molecule has 2 N–H and O–H groups in total. The minimum atomic E-state index is 0.0345. The number of halogens is 2. The number of quaternary nitrogens is 1. The van der Waals surface area contributed by atoms with Gasteiger partial charge < -0.3 is 15.1 Å². The highest BCUT2D eigenvalue weighted by Crippen LogP contribution is 2.17. The molecule has 6 heteroatoms. The largest absolute Gasteiger partial charge is 0.360 e. The second-order valence-electron chi connectivity index (χ2n) is 5.95. The highest BCUT2D eigenvalue weighted by atomic mass is 35.5. The van der Waals surface area contributed by atoms with E-state index in [1.54, 1.807) is 12.1 Å². The summed E-state index contributed by atoms with van der Waals surface area (Å²) in [6.07, 6.45) is 0. The van der Waals surface area contributed by atoms with Crippen LogP contribution in [0.1, 0.15) is 0 Å². The third-order valence-corrected chi connectivity index (χ3v) is 4.70. The maximum absolute atomic E-state index is 12.2. The Balaban J connectivity index is 1.47. The number of carbonyl (C=O) groups is 1. The fourth-order valence-electron chi connectivity index (χ4n) is 2.88. The maximum atomic E-state index is 12.2. The summed E-state index contributed by atoms with van der Waals surface area (Å²) in [5, 5.41) is 4.33. The summed E-state index contributed by atoms with van der Waals surface area (Å²) in [5.41, 5.74) is 1.97. The highest BCUT2D eigenvalue weighted by molar-refractivity contribution is 6.30. The van der Waals surface area contributed by atoms with E-state index in [0.717, 1.165) is 36.9 Å². The fourth-order valence-corrected chi connectivity index (χ4v) is 3.13. The normalized spacial score (nSPS) is 15.3. The summed E-state index contributed by atoms with van der Waals surface area (Å²) in [6.45, 7) is 4.24. The number of rotatable bonds is 4. The fraction of sp³-hybridized carbons (Fsp3) is 0.278. The Hall–Kier alpha value is -1.75. The first-order valence-corrected chi connectivity index (χ1v) is 8.75. The van der Waals surface area contributed by atoms with Crippen molar-refractivity contribution in [1.29, 1.82) is 0 Å². The molecule has 0 bridgehead atoms. The van der Waals surface area contributed by atoms with Crippen LogP contribution < -0.4 is 15.1 Å². The molecule has 3 rings (SSSR count). The van der Waals surface area contributed by atoms with Crippen LogP contribution in [-0.2, 0) is 4.79 Å². The van der Waals surface area contributed by atoms with E-state index in [2.05, 4.69) is 10.2 Å². The van der Waals surface area contributed by atoms with Crippen LogP contribution in [0.2, 0.25) is 10.0 Å². The molecule has 126 valence electrons. The Labute approximate surface area is 152 Å². The minimum absolute atomic E-state index is 0.0345. The summed E-state index contributed by atoms with van der Waals surface area (Å²) in [7, 11) is 0. The second-order valence-corrected chi connectivity index (χ2v) is 6.82. The molecule has 2 aromatic rings. The van der Waals surface area contributed by atoms with Crippen molar-refractivity contribution >= 4 is 40.5 Å². The molecular formula is C18H20Cl2N3O+. The molecule has 0 atom stereocenters. The smallest absolute Gasteiger partial charge is 0.279 e. The predicted octanol–water partition coefficient (Wildman–Crippen LogP) is 2.34. The average Bonchev–Trinajstić information content (AvgIpc) is 2.58. The van der Waals surface area contributed by atoms with Crippen LogP contribution in [0, 0.1) is 0 Å². The lowest BCUT2D eigenvalue weighted by Crippen LogP contribution is -3.15. The second kappa shape index (κ2) is 7.88. The molecule has 1 amide bonds. The molecule has 0 aliphatic carbocycles. The van der Waals surface area contributed by atoms with Gasteiger partial charge in [-0.25, -0.2) is 0 Å². The van der Waals surface area contributed by atoms with Gasteiger partial charge in [-0.1, -0.05) is 23.2 Å². The third-order valence-electron chi connectivity index (χ3n) is 4.20. The monoisotopic (exact) mass is 364 g/mol. The summed E-state index contributed by atoms with van der Waals surface area (Å²) >= 11 is 11.8. The third kappa shape index (κ3) is 4.63. The summed E-state index contributed by atoms with van der Waals surface area (Å²) in [5.74, 6) is 0.0345. The molecular weight excluding hydrogens is 345 g/mol. The number of piperazine rings is 1. The zero-order valence-electron chi connectivity index (χ0n) is 13.3. The van der Waals surface area contributed by atoms with Crippen LogP contribution in [0.3, 0.4) is 0 Å². The lowest BCUT2D eigenvalue weighted by Gasteiger charge is -2.33. The molecule has 1 fully saturated rings. The predicted molar refractivity (Wildman–Crippen MR) is 99.3 cm³/mol. The molecule has 1 saturated heterocycles. The van der Waals surface area contributed by atoms with E-state index in [0.29, 0.717) is 11.6 Å². The Morgan fingerprint density at radius 2 is 1.50 bits per heavy atom. The van der Waals surface area contributed by atoms with Crippen LogP contribution in [0.4, 0.5) is 11.4 Å². The van der Waals surface area contributed by atoms with Crippen LogP contribution in [0.25, 0.3) is 0 Å². The Morgan fingerprint density at radius 3 is 2.08 bits per heavy atom. The van der Waals surface area contributed by atoms with E-state index in [9.17, 15) is 4.79 Å². The number of nitrogens with zero attached hydrogens (tertiary/aromatic N) is 1. The Morgan fingerprint density at radius 1 is 0.958 bits per heavy atom. The SMILES string of the molecule is O=C(C[NH+]1CCN(c2ccc(Cl)cc2)CC1)Nc1ccc(Cl)cc1. The number of carbonyl (C=O) groups excluding carboxylic acids is 1. The van der Waals surface area contributed by atoms with Gasteiger partial charge in [0.2, 0.25) is 0 Å². The van der Waals surface area contributed by atoms with Crippen molar-refractivity contribution in [2.75, 3.05) is 42.9 Å². The molecule has 1 aliphatic rings. The van der Waals surface area contributed by atoms with Crippen molar-refractivity contribution in [2.24, 2.45) is 0 Å². The Kier molecular flexibility index (Phi) is 5.61. The van der Waals surface area contributed by atoms with Gasteiger partial charge in [0, 0.05) is 21.4 Å². The maximum Gasteiger partial charge on any atom is 0.279 e. The molecule has 0 unspecified atom stereocenters. The van der Waals surface area contributed by atoms with Gasteiger partial charge in [0.1, 0.15) is 0 Å². The van der Waals surface area contributed by atoms with Crippen LogP contribution in [-0.4, -0.2) is 38.6 Å². The van der Waals surface area contributed by atoms with Crippen molar-refractivity contribution in [1.82, 2.24) is 0 Å². The molecule has 1 heterocycles. The zero-order valence-corrected chi connectivity index (χ0v) is 14.8. The van der Waals surface area contributed by atoms with Crippen molar-refractivity contribution in [3.8, 4) is 0 Å². The van der Waals surface area contributed by atoms with Crippen LogP contribution in [0.15, 0.2) is 48.5 Å². The van der Waals surface area contributed by atoms with E-state index >= 15 is 0 Å². The molecule has 0 saturated carbocycles. The number of hydrogen-bond donors (Lipinski definition) is 2. The van der Waals surface area contributed by atoms with Gasteiger partial charge in [-0.3, -0.25) is 4.79 Å². The Bertz CT molecular complexity index is 680. The molecule has 4 nitrogen and oxygen atoms in total. The molecule has 24 heavy (non-hydrogen) atoms. The lowest BCUT2D eigenvalue weighted by atomic mass is 10.2. The van der Waals surface area contributed by atoms with Gasteiger partial charge in [-0.05, 0) is 48.5 Å². The molecule has 0 aromatic heterocycles. The van der Waals surface area contributed by atoms with Crippen molar-refractivity contribution in [3.05, 3.63) is 58.6 Å². The van der Waals surface area contributed by atoms with Crippen molar-refractivity contribution in [2.45, 2.75) is 0 Å². The van der Waals surface area contributed by atoms with E-state index in [-0.39, 0.29) is 5.91 Å². The van der Waals surface area contributed by atoms with Crippen LogP contribution >= 0.6 is 23.2 Å². The standard InChI is InChI=1S/C18H19Cl2N3O/c19-14-1-5-16(6-2-14)21-18(24)13-22-9-11-23(12-10-22)17-7-3-15(20)4-8-17/h1-8H,9-13H2,(H,21,24)/p+1. The van der Waals surface area contributed by atoms with Gasteiger partial charge in [0.05, 0.1) is 26.2 Å². The van der Waals surface area contributed by atoms with Gasteiger partial charge in [0.25, 0.3) is 5.91 Å². The van der Waals surface area contributed by atoms with E-state index < -0.39 is 0 Å². The number of hydrogen-bond acceptors (Lipinski definition) is 2. The van der Waals surface area contributed by atoms with E-state index in [1.165, 1.54) is 10.6 Å². The summed E-state index contributed by atoms with van der Waals surface area (Å²) in [4.78, 5) is 15.8. The first-order valence-electron chi connectivity index (χ1n) is 8.00. The molecule has 2 aromatic carbocycles. The molecule has 1 aliphatic heterocycles. The highest BCUT2D eigenvalue weighted by Gasteiger charge is 2.22. The van der Waals surface area contributed by atoms with Crippen molar-refractivity contribution in [3.63, 3.8) is 0 Å². The number of benzene rings is 2. The van der Waals surface area contributed by atoms with Gasteiger partial charge >= 0.3 is 0 Å². The number of anilines is 2. The molecule has 0 radical (unpaired) electrons. The van der Waals surface area contributed by atoms with Crippen molar-refractivity contribution < 1.29 is 9.69 Å². The zero-order chi connectivity index (χ0) is 16.9. The first kappa shape index (κ1) is 17.1. The van der Waals surface area contributed by atoms with Gasteiger partial charge in [-0.15, -0.1) is 0 Å². The van der Waals surface area contributed by atoms with Gasteiger partial charge in [0.15, 0.2) is 6.54 Å². The summed E-state index contributed by atoms with van der Waals surface area (Å²) < 4.78 is 0. The average molecular weight is 365 g/mol. The summed E-state index contributed by atoms with van der Waals surface area (Å²) in [6, 6.07) is 15.1. The van der Waals surface area contributed by atoms with Crippen LogP contribution in [0.5, 0.6) is 0 Å².